The number of Topliss-reactive ketones (excluding diaryl/α,β-unsaturated/α-hetero) is 1. The maximum atomic E-state index is 13.2. The number of ketones is 1. The summed E-state index contributed by atoms with van der Waals surface area (Å²) in [5.74, 6) is -0.454. The molecule has 3 aromatic rings. The molecule has 37 heavy (non-hydrogen) atoms. The van der Waals surface area contributed by atoms with E-state index in [9.17, 15) is 9.59 Å². The van der Waals surface area contributed by atoms with Crippen molar-refractivity contribution in [1.82, 2.24) is 14.9 Å². The number of esters is 1. The van der Waals surface area contributed by atoms with Crippen molar-refractivity contribution in [2.24, 2.45) is 0 Å². The van der Waals surface area contributed by atoms with Gasteiger partial charge < -0.3 is 24.5 Å². The van der Waals surface area contributed by atoms with E-state index in [-0.39, 0.29) is 23.8 Å². The van der Waals surface area contributed by atoms with Crippen LogP contribution in [0.4, 0.5) is 5.69 Å². The average Bonchev–Trinajstić information content (AvgIpc) is 3.62. The van der Waals surface area contributed by atoms with Crippen molar-refractivity contribution in [2.45, 2.75) is 26.7 Å². The first-order valence-corrected chi connectivity index (χ1v) is 12.5. The van der Waals surface area contributed by atoms with E-state index >= 15 is 0 Å². The van der Waals surface area contributed by atoms with Gasteiger partial charge in [-0.15, -0.1) is 0 Å². The predicted molar refractivity (Wildman–Crippen MR) is 140 cm³/mol. The molecule has 9 heteroatoms. The molecule has 2 aromatic heterocycles. The van der Waals surface area contributed by atoms with Crippen LogP contribution in [-0.2, 0) is 19.1 Å². The van der Waals surface area contributed by atoms with Crippen LogP contribution in [-0.4, -0.2) is 59.5 Å². The van der Waals surface area contributed by atoms with Crippen molar-refractivity contribution >= 4 is 34.5 Å². The van der Waals surface area contributed by atoms with E-state index in [4.69, 9.17) is 14.2 Å². The zero-order chi connectivity index (χ0) is 25.8. The number of H-pyrrole nitrogens is 1. The van der Waals surface area contributed by atoms with Crippen LogP contribution in [0.15, 0.2) is 59.9 Å². The fourth-order valence-corrected chi connectivity index (χ4v) is 4.53. The summed E-state index contributed by atoms with van der Waals surface area (Å²) >= 11 is 0. The highest BCUT2D eigenvalue weighted by Crippen LogP contribution is 2.32. The minimum absolute atomic E-state index is 0.0230. The molecular weight excluding hydrogens is 472 g/mol. The minimum Gasteiger partial charge on any atom is -0.492 e. The lowest BCUT2D eigenvalue weighted by Gasteiger charge is -2.16. The van der Waals surface area contributed by atoms with Crippen LogP contribution in [0.3, 0.4) is 0 Å². The standard InChI is InChI=1S/C28H30N4O5/c1-3-35-28(34)24-25(33)23(16-19-17-30-26-21(19)7-6-10-29-26)37-27(24)31-22-9-8-20(15-18(22)2)36-14-13-32-11-4-5-12-32/h6-10,15-17,31H,3-5,11-14H2,1-2H3,(H,29,30)/b23-16-. The summed E-state index contributed by atoms with van der Waals surface area (Å²) in [6, 6.07) is 9.33. The smallest absolute Gasteiger partial charge is 0.347 e. The van der Waals surface area contributed by atoms with Crippen molar-refractivity contribution in [3.8, 4) is 5.75 Å². The number of pyridine rings is 1. The molecule has 1 fully saturated rings. The molecule has 4 heterocycles. The van der Waals surface area contributed by atoms with Crippen LogP contribution < -0.4 is 10.1 Å². The largest absolute Gasteiger partial charge is 0.492 e. The number of benzene rings is 1. The molecule has 0 bridgehead atoms. The van der Waals surface area contributed by atoms with Crippen molar-refractivity contribution in [3.05, 3.63) is 71.1 Å². The number of aromatic nitrogens is 2. The maximum absolute atomic E-state index is 13.2. The summed E-state index contributed by atoms with van der Waals surface area (Å²) in [6.45, 7) is 7.55. The molecule has 0 aliphatic carbocycles. The molecule has 9 nitrogen and oxygen atoms in total. The number of carbonyl (C=O) groups is 2. The SMILES string of the molecule is CCOC(=O)C1=C(Nc2ccc(OCCN3CCCC3)cc2C)O/C(=C\c2c[nH]c3ncccc23)C1=O. The van der Waals surface area contributed by atoms with Gasteiger partial charge in [-0.2, -0.15) is 0 Å². The zero-order valence-corrected chi connectivity index (χ0v) is 21.0. The Bertz CT molecular complexity index is 1380. The van der Waals surface area contributed by atoms with Crippen molar-refractivity contribution in [1.29, 1.82) is 0 Å². The molecule has 0 radical (unpaired) electrons. The van der Waals surface area contributed by atoms with Crippen molar-refractivity contribution < 1.29 is 23.8 Å². The average molecular weight is 503 g/mol. The van der Waals surface area contributed by atoms with Gasteiger partial charge >= 0.3 is 5.97 Å². The van der Waals surface area contributed by atoms with E-state index in [1.54, 1.807) is 25.4 Å². The fraction of sp³-hybridized carbons (Fsp3) is 0.321. The first-order chi connectivity index (χ1) is 18.0. The third-order valence-electron chi connectivity index (χ3n) is 6.46. The third kappa shape index (κ3) is 5.36. The molecule has 0 atom stereocenters. The molecule has 5 rings (SSSR count). The Morgan fingerprint density at radius 1 is 1.27 bits per heavy atom. The first-order valence-electron chi connectivity index (χ1n) is 12.5. The number of anilines is 1. The number of fused-ring (bicyclic) bond motifs is 1. The third-order valence-corrected chi connectivity index (χ3v) is 6.46. The molecule has 1 saturated heterocycles. The summed E-state index contributed by atoms with van der Waals surface area (Å²) in [6.07, 6.45) is 7.53. The van der Waals surface area contributed by atoms with Gasteiger partial charge in [-0.25, -0.2) is 9.78 Å². The number of carbonyl (C=O) groups excluding carboxylic acids is 2. The molecule has 2 aliphatic rings. The Morgan fingerprint density at radius 3 is 2.89 bits per heavy atom. The zero-order valence-electron chi connectivity index (χ0n) is 21.0. The molecule has 0 saturated carbocycles. The number of hydrogen-bond donors (Lipinski definition) is 2. The second-order valence-corrected chi connectivity index (χ2v) is 9.01. The fourth-order valence-electron chi connectivity index (χ4n) is 4.53. The van der Waals surface area contributed by atoms with Gasteiger partial charge in [0.2, 0.25) is 11.7 Å². The van der Waals surface area contributed by atoms with Gasteiger partial charge in [0.05, 0.1) is 6.61 Å². The highest BCUT2D eigenvalue weighted by Gasteiger charge is 2.37. The Labute approximate surface area is 215 Å². The topological polar surface area (TPSA) is 106 Å². The number of nitrogens with one attached hydrogen (secondary N) is 2. The number of aromatic amines is 1. The summed E-state index contributed by atoms with van der Waals surface area (Å²) in [7, 11) is 0. The van der Waals surface area contributed by atoms with Crippen LogP contribution in [0.25, 0.3) is 17.1 Å². The monoisotopic (exact) mass is 502 g/mol. The molecule has 2 aliphatic heterocycles. The van der Waals surface area contributed by atoms with E-state index in [1.807, 2.05) is 37.3 Å². The molecular formula is C28H30N4O5. The first kappa shape index (κ1) is 24.6. The number of hydrogen-bond acceptors (Lipinski definition) is 8. The minimum atomic E-state index is -0.737. The van der Waals surface area contributed by atoms with Crippen LogP contribution in [0.2, 0.25) is 0 Å². The van der Waals surface area contributed by atoms with Gasteiger partial charge in [-0.05, 0) is 81.7 Å². The summed E-state index contributed by atoms with van der Waals surface area (Å²) in [4.78, 5) is 35.6. The normalized spacial score (nSPS) is 17.0. The van der Waals surface area contributed by atoms with Crippen molar-refractivity contribution in [2.75, 3.05) is 38.2 Å². The van der Waals surface area contributed by atoms with E-state index in [0.717, 1.165) is 41.9 Å². The van der Waals surface area contributed by atoms with E-state index in [0.29, 0.717) is 17.9 Å². The second-order valence-electron chi connectivity index (χ2n) is 9.01. The number of allylic oxidation sites excluding steroid dienone is 1. The Hall–Kier alpha value is -4.11. The molecule has 0 amide bonds. The molecule has 2 N–H and O–H groups in total. The second kappa shape index (κ2) is 10.9. The summed E-state index contributed by atoms with van der Waals surface area (Å²) in [5.41, 5.74) is 2.81. The number of likely N-dealkylation sites (tertiary alicyclic amines) is 1. The van der Waals surface area contributed by atoms with Gasteiger partial charge in [0.1, 0.15) is 18.0 Å². The van der Waals surface area contributed by atoms with Gasteiger partial charge in [-0.1, -0.05) is 0 Å². The summed E-state index contributed by atoms with van der Waals surface area (Å²) < 4.78 is 17.0. The van der Waals surface area contributed by atoms with Crippen LogP contribution in [0.1, 0.15) is 30.9 Å². The lowest BCUT2D eigenvalue weighted by molar-refractivity contribution is -0.139. The number of aryl methyl sites for hydroxylation is 1. The van der Waals surface area contributed by atoms with E-state index < -0.39 is 11.8 Å². The van der Waals surface area contributed by atoms with Crippen LogP contribution >= 0.6 is 0 Å². The van der Waals surface area contributed by atoms with Gasteiger partial charge in [0, 0.05) is 35.6 Å². The number of rotatable bonds is 9. The molecule has 192 valence electrons. The quantitative estimate of drug-likeness (QED) is 0.255. The van der Waals surface area contributed by atoms with Gasteiger partial charge in [-0.3, -0.25) is 9.69 Å². The highest BCUT2D eigenvalue weighted by molar-refractivity contribution is 6.26. The van der Waals surface area contributed by atoms with E-state index in [1.165, 1.54) is 12.8 Å². The molecule has 0 unspecified atom stereocenters. The predicted octanol–water partition coefficient (Wildman–Crippen LogP) is 4.17. The van der Waals surface area contributed by atoms with E-state index in [2.05, 4.69) is 20.2 Å². The van der Waals surface area contributed by atoms with Crippen LogP contribution in [0, 0.1) is 6.92 Å². The van der Waals surface area contributed by atoms with Crippen molar-refractivity contribution in [3.63, 3.8) is 0 Å². The Kier molecular flexibility index (Phi) is 7.23. The lowest BCUT2D eigenvalue weighted by atomic mass is 10.1. The van der Waals surface area contributed by atoms with Gasteiger partial charge in [0.15, 0.2) is 11.3 Å². The maximum Gasteiger partial charge on any atom is 0.347 e. The highest BCUT2D eigenvalue weighted by atomic mass is 16.5. The number of nitrogens with zero attached hydrogens (tertiary/aromatic N) is 2. The van der Waals surface area contributed by atoms with Crippen LogP contribution in [0.5, 0.6) is 5.75 Å². The van der Waals surface area contributed by atoms with Gasteiger partial charge in [0.25, 0.3) is 0 Å². The lowest BCUT2D eigenvalue weighted by Crippen LogP contribution is -2.25. The summed E-state index contributed by atoms with van der Waals surface area (Å²) in [5, 5.41) is 3.95. The Balaban J connectivity index is 1.35. The Morgan fingerprint density at radius 2 is 2.11 bits per heavy atom. The molecule has 1 aromatic carbocycles. The molecule has 0 spiro atoms. The number of ether oxygens (including phenoxy) is 3.